The van der Waals surface area contributed by atoms with Gasteiger partial charge in [0, 0.05) is 6.21 Å². The van der Waals surface area contributed by atoms with Crippen LogP contribution in [0.15, 0.2) is 47.1 Å². The van der Waals surface area contributed by atoms with Crippen molar-refractivity contribution >= 4 is 12.1 Å². The van der Waals surface area contributed by atoms with E-state index in [9.17, 15) is 4.79 Å². The lowest BCUT2D eigenvalue weighted by molar-refractivity contribution is -0.123. The molecule has 106 valence electrons. The average Bonchev–Trinajstić information content (AvgIpc) is 2.48. The third-order valence-electron chi connectivity index (χ3n) is 3.27. The Balaban J connectivity index is 1.67. The number of hydrogen-bond donors (Lipinski definition) is 1. The minimum atomic E-state index is -0.243. The van der Waals surface area contributed by atoms with Crippen LogP contribution in [0.1, 0.15) is 26.2 Å². The van der Waals surface area contributed by atoms with Crippen LogP contribution in [0.4, 0.5) is 0 Å². The molecule has 0 heterocycles. The second-order valence-corrected chi connectivity index (χ2v) is 5.00. The SMILES string of the molecule is CC1=CCC(C=NNC(=O)COc2ccccc2)CC1. The van der Waals surface area contributed by atoms with E-state index >= 15 is 0 Å². The van der Waals surface area contributed by atoms with Crippen molar-refractivity contribution in [3.63, 3.8) is 0 Å². The minimum Gasteiger partial charge on any atom is -0.484 e. The number of ether oxygens (including phenoxy) is 1. The normalized spacial score (nSPS) is 18.6. The lowest BCUT2D eigenvalue weighted by Gasteiger charge is -2.15. The van der Waals surface area contributed by atoms with E-state index in [4.69, 9.17) is 4.74 Å². The smallest absolute Gasteiger partial charge is 0.277 e. The molecular weight excluding hydrogens is 252 g/mol. The first-order chi connectivity index (χ1) is 9.74. The average molecular weight is 272 g/mol. The van der Waals surface area contributed by atoms with Gasteiger partial charge in [-0.2, -0.15) is 5.10 Å². The molecule has 1 atom stereocenters. The third kappa shape index (κ3) is 4.88. The number of benzene rings is 1. The van der Waals surface area contributed by atoms with Crippen molar-refractivity contribution in [3.05, 3.63) is 42.0 Å². The highest BCUT2D eigenvalue weighted by molar-refractivity contribution is 5.78. The number of nitrogens with zero attached hydrogens (tertiary/aromatic N) is 1. The van der Waals surface area contributed by atoms with Crippen LogP contribution in [-0.2, 0) is 4.79 Å². The van der Waals surface area contributed by atoms with Gasteiger partial charge in [-0.25, -0.2) is 5.43 Å². The van der Waals surface area contributed by atoms with Crippen molar-refractivity contribution in [2.24, 2.45) is 11.0 Å². The number of nitrogens with one attached hydrogen (secondary N) is 1. The van der Waals surface area contributed by atoms with Crippen LogP contribution in [0.5, 0.6) is 5.75 Å². The van der Waals surface area contributed by atoms with Crippen LogP contribution in [0, 0.1) is 5.92 Å². The van der Waals surface area contributed by atoms with Crippen molar-refractivity contribution in [2.75, 3.05) is 6.61 Å². The Kier molecular flexibility index (Phi) is 5.35. The molecule has 4 heteroatoms. The van der Waals surface area contributed by atoms with Gasteiger partial charge in [-0.15, -0.1) is 0 Å². The van der Waals surface area contributed by atoms with Crippen molar-refractivity contribution in [2.45, 2.75) is 26.2 Å². The molecule has 1 aromatic carbocycles. The molecule has 0 spiro atoms. The van der Waals surface area contributed by atoms with Crippen molar-refractivity contribution in [1.82, 2.24) is 5.43 Å². The summed E-state index contributed by atoms with van der Waals surface area (Å²) < 4.78 is 5.33. The summed E-state index contributed by atoms with van der Waals surface area (Å²) in [6, 6.07) is 9.26. The van der Waals surface area contributed by atoms with Gasteiger partial charge in [-0.3, -0.25) is 4.79 Å². The molecule has 1 aliphatic rings. The zero-order valence-corrected chi connectivity index (χ0v) is 11.7. The summed E-state index contributed by atoms with van der Waals surface area (Å²) in [6.07, 6.45) is 7.28. The summed E-state index contributed by atoms with van der Waals surface area (Å²) in [5.41, 5.74) is 3.94. The van der Waals surface area contributed by atoms with Crippen LogP contribution >= 0.6 is 0 Å². The molecule has 20 heavy (non-hydrogen) atoms. The molecule has 4 nitrogen and oxygen atoms in total. The summed E-state index contributed by atoms with van der Waals surface area (Å²) in [5.74, 6) is 0.862. The summed E-state index contributed by atoms with van der Waals surface area (Å²) in [5, 5.41) is 4.00. The van der Waals surface area contributed by atoms with Crippen LogP contribution < -0.4 is 10.2 Å². The molecule has 1 aliphatic carbocycles. The Morgan fingerprint density at radius 3 is 2.95 bits per heavy atom. The first-order valence-corrected chi connectivity index (χ1v) is 6.89. The first-order valence-electron chi connectivity index (χ1n) is 6.89. The predicted octanol–water partition coefficient (Wildman–Crippen LogP) is 2.91. The summed E-state index contributed by atoms with van der Waals surface area (Å²) in [7, 11) is 0. The molecule has 1 unspecified atom stereocenters. The van der Waals surface area contributed by atoms with Crippen molar-refractivity contribution in [1.29, 1.82) is 0 Å². The van der Waals surface area contributed by atoms with Crippen LogP contribution in [0.3, 0.4) is 0 Å². The maximum atomic E-state index is 11.5. The molecular formula is C16H20N2O2. The number of rotatable bonds is 5. The number of para-hydroxylation sites is 1. The topological polar surface area (TPSA) is 50.7 Å². The van der Waals surface area contributed by atoms with E-state index in [-0.39, 0.29) is 12.5 Å². The first kappa shape index (κ1) is 14.3. The molecule has 0 bridgehead atoms. The number of carbonyl (C=O) groups is 1. The van der Waals surface area contributed by atoms with E-state index in [0.29, 0.717) is 11.7 Å². The Labute approximate surface area is 119 Å². The highest BCUT2D eigenvalue weighted by Crippen LogP contribution is 2.21. The van der Waals surface area contributed by atoms with Crippen molar-refractivity contribution in [3.8, 4) is 5.75 Å². The van der Waals surface area contributed by atoms with Crippen LogP contribution in [-0.4, -0.2) is 18.7 Å². The van der Waals surface area contributed by atoms with E-state index in [1.54, 1.807) is 0 Å². The molecule has 0 aromatic heterocycles. The van der Waals surface area contributed by atoms with Gasteiger partial charge in [0.25, 0.3) is 5.91 Å². The molecule has 1 amide bonds. The zero-order chi connectivity index (χ0) is 14.2. The number of allylic oxidation sites excluding steroid dienone is 2. The Morgan fingerprint density at radius 2 is 2.25 bits per heavy atom. The molecule has 0 saturated carbocycles. The highest BCUT2D eigenvalue weighted by Gasteiger charge is 2.10. The lowest BCUT2D eigenvalue weighted by Crippen LogP contribution is -2.25. The third-order valence-corrected chi connectivity index (χ3v) is 3.27. The Bertz CT molecular complexity index is 494. The van der Waals surface area contributed by atoms with Crippen LogP contribution in [0.2, 0.25) is 0 Å². The molecule has 2 rings (SSSR count). The fourth-order valence-electron chi connectivity index (χ4n) is 2.03. The van der Waals surface area contributed by atoms with E-state index in [2.05, 4.69) is 23.5 Å². The maximum Gasteiger partial charge on any atom is 0.277 e. The van der Waals surface area contributed by atoms with Gasteiger partial charge in [-0.05, 0) is 44.2 Å². The number of hydrazone groups is 1. The summed E-state index contributed by atoms with van der Waals surface area (Å²) in [6.45, 7) is 2.13. The second kappa shape index (κ2) is 7.48. The van der Waals surface area contributed by atoms with E-state index in [0.717, 1.165) is 19.3 Å². The van der Waals surface area contributed by atoms with Crippen molar-refractivity contribution < 1.29 is 9.53 Å². The second-order valence-electron chi connectivity index (χ2n) is 5.00. The summed E-state index contributed by atoms with van der Waals surface area (Å²) >= 11 is 0. The maximum absolute atomic E-state index is 11.5. The Hall–Kier alpha value is -2.10. The van der Waals surface area contributed by atoms with E-state index < -0.39 is 0 Å². The van der Waals surface area contributed by atoms with Gasteiger partial charge < -0.3 is 4.74 Å². The monoisotopic (exact) mass is 272 g/mol. The fourth-order valence-corrected chi connectivity index (χ4v) is 2.03. The molecule has 0 radical (unpaired) electrons. The standard InChI is InChI=1S/C16H20N2O2/c1-13-7-9-14(10-8-13)11-17-18-16(19)12-20-15-5-3-2-4-6-15/h2-7,11,14H,8-10,12H2,1H3,(H,18,19). The van der Waals surface area contributed by atoms with Crippen LogP contribution in [0.25, 0.3) is 0 Å². The number of hydrogen-bond acceptors (Lipinski definition) is 3. The van der Waals surface area contributed by atoms with Gasteiger partial charge in [0.15, 0.2) is 6.61 Å². The van der Waals surface area contributed by atoms with Gasteiger partial charge in [0.2, 0.25) is 0 Å². The Morgan fingerprint density at radius 1 is 1.45 bits per heavy atom. The zero-order valence-electron chi connectivity index (χ0n) is 11.7. The molecule has 0 saturated heterocycles. The number of carbonyl (C=O) groups excluding carboxylic acids is 1. The highest BCUT2D eigenvalue weighted by atomic mass is 16.5. The van der Waals surface area contributed by atoms with Gasteiger partial charge in [0.05, 0.1) is 0 Å². The fraction of sp³-hybridized carbons (Fsp3) is 0.375. The molecule has 1 N–H and O–H groups in total. The summed E-state index contributed by atoms with van der Waals surface area (Å²) in [4.78, 5) is 11.5. The lowest BCUT2D eigenvalue weighted by atomic mass is 9.91. The molecule has 0 aliphatic heterocycles. The van der Waals surface area contributed by atoms with Gasteiger partial charge >= 0.3 is 0 Å². The predicted molar refractivity (Wildman–Crippen MR) is 79.7 cm³/mol. The molecule has 0 fully saturated rings. The minimum absolute atomic E-state index is 0.0228. The van der Waals surface area contributed by atoms with Gasteiger partial charge in [0.1, 0.15) is 5.75 Å². The van der Waals surface area contributed by atoms with E-state index in [1.165, 1.54) is 5.57 Å². The largest absolute Gasteiger partial charge is 0.484 e. The van der Waals surface area contributed by atoms with E-state index in [1.807, 2.05) is 36.5 Å². The number of amides is 1. The van der Waals surface area contributed by atoms with Gasteiger partial charge in [-0.1, -0.05) is 29.8 Å². The quantitative estimate of drug-likeness (QED) is 0.509. The molecule has 1 aromatic rings.